The van der Waals surface area contributed by atoms with E-state index in [1.807, 2.05) is 31.2 Å². The van der Waals surface area contributed by atoms with E-state index < -0.39 is 0 Å². The van der Waals surface area contributed by atoms with Gasteiger partial charge in [-0.1, -0.05) is 12.1 Å². The van der Waals surface area contributed by atoms with Crippen LogP contribution in [-0.4, -0.2) is 28.8 Å². The maximum absolute atomic E-state index is 12.4. The molecule has 3 rings (SSSR count). The van der Waals surface area contributed by atoms with Crippen molar-refractivity contribution < 1.29 is 4.79 Å². The van der Waals surface area contributed by atoms with Gasteiger partial charge in [-0.15, -0.1) is 0 Å². The highest BCUT2D eigenvalue weighted by molar-refractivity contribution is 5.92. The number of aryl methyl sites for hydroxylation is 2. The maximum atomic E-state index is 12.4. The fraction of sp³-hybridized carbons (Fsp3) is 0.389. The van der Waals surface area contributed by atoms with Crippen LogP contribution >= 0.6 is 0 Å². The minimum atomic E-state index is -0.119. The molecule has 1 saturated heterocycles. The number of rotatable bonds is 3. The summed E-state index contributed by atoms with van der Waals surface area (Å²) in [7, 11) is 1.63. The summed E-state index contributed by atoms with van der Waals surface area (Å²) in [6.45, 7) is 3.51. The molecule has 2 aromatic rings. The van der Waals surface area contributed by atoms with Crippen molar-refractivity contribution in [3.8, 4) is 0 Å². The molecule has 24 heavy (non-hydrogen) atoms. The van der Waals surface area contributed by atoms with Gasteiger partial charge in [-0.05, 0) is 37.5 Å². The monoisotopic (exact) mass is 326 g/mol. The lowest BCUT2D eigenvalue weighted by Crippen LogP contribution is -2.39. The molecule has 0 unspecified atom stereocenters. The van der Waals surface area contributed by atoms with Gasteiger partial charge in [-0.3, -0.25) is 9.59 Å². The van der Waals surface area contributed by atoms with Crippen LogP contribution in [0, 0.1) is 12.8 Å². The molecule has 1 aromatic heterocycles. The molecule has 1 amide bonds. The second kappa shape index (κ2) is 6.86. The van der Waals surface area contributed by atoms with Crippen molar-refractivity contribution in [3.05, 3.63) is 52.4 Å². The van der Waals surface area contributed by atoms with Crippen molar-refractivity contribution in [3.63, 3.8) is 0 Å². The molecule has 1 aliphatic rings. The highest BCUT2D eigenvalue weighted by atomic mass is 16.2. The summed E-state index contributed by atoms with van der Waals surface area (Å²) in [6, 6.07) is 9.42. The van der Waals surface area contributed by atoms with E-state index in [2.05, 4.69) is 15.3 Å². The molecule has 6 nitrogen and oxygen atoms in total. The van der Waals surface area contributed by atoms with Gasteiger partial charge in [0, 0.05) is 37.8 Å². The van der Waals surface area contributed by atoms with E-state index in [1.54, 1.807) is 19.3 Å². The first-order valence-electron chi connectivity index (χ1n) is 8.19. The Morgan fingerprint density at radius 2 is 2.00 bits per heavy atom. The van der Waals surface area contributed by atoms with Crippen LogP contribution < -0.4 is 15.8 Å². The Morgan fingerprint density at radius 3 is 2.67 bits per heavy atom. The minimum absolute atomic E-state index is 0.00117. The average molecular weight is 326 g/mol. The number of anilines is 2. The van der Waals surface area contributed by atoms with E-state index in [0.717, 1.165) is 42.9 Å². The quantitative estimate of drug-likeness (QED) is 0.936. The summed E-state index contributed by atoms with van der Waals surface area (Å²) in [5, 5.41) is 7.06. The first kappa shape index (κ1) is 16.2. The van der Waals surface area contributed by atoms with E-state index >= 15 is 0 Å². The van der Waals surface area contributed by atoms with Crippen LogP contribution in [0.2, 0.25) is 0 Å². The number of carbonyl (C=O) groups is 1. The van der Waals surface area contributed by atoms with Crippen molar-refractivity contribution in [2.75, 3.05) is 23.3 Å². The van der Waals surface area contributed by atoms with Crippen LogP contribution in [-0.2, 0) is 11.8 Å². The fourth-order valence-electron chi connectivity index (χ4n) is 3.00. The van der Waals surface area contributed by atoms with Crippen LogP contribution in [0.1, 0.15) is 18.4 Å². The second-order valence-electron chi connectivity index (χ2n) is 6.30. The van der Waals surface area contributed by atoms with Crippen molar-refractivity contribution >= 4 is 17.3 Å². The van der Waals surface area contributed by atoms with Crippen LogP contribution in [0.15, 0.2) is 41.3 Å². The number of carbonyl (C=O) groups excluding carboxylic acids is 1. The summed E-state index contributed by atoms with van der Waals surface area (Å²) < 4.78 is 1.31. The molecular formula is C18H22N4O2. The van der Waals surface area contributed by atoms with Gasteiger partial charge in [0.15, 0.2) is 0 Å². The van der Waals surface area contributed by atoms with Crippen LogP contribution in [0.4, 0.5) is 11.4 Å². The summed E-state index contributed by atoms with van der Waals surface area (Å²) in [5.41, 5.74) is 2.68. The summed E-state index contributed by atoms with van der Waals surface area (Å²) >= 11 is 0. The molecule has 0 aliphatic carbocycles. The summed E-state index contributed by atoms with van der Waals surface area (Å²) in [5.74, 6) is 0.0728. The van der Waals surface area contributed by atoms with Gasteiger partial charge in [-0.2, -0.15) is 5.10 Å². The van der Waals surface area contributed by atoms with Crippen molar-refractivity contribution in [1.82, 2.24) is 9.78 Å². The van der Waals surface area contributed by atoms with Crippen LogP contribution in [0.5, 0.6) is 0 Å². The number of piperidine rings is 1. The highest BCUT2D eigenvalue weighted by Crippen LogP contribution is 2.23. The Balaban J connectivity index is 1.59. The lowest BCUT2D eigenvalue weighted by Gasteiger charge is -2.32. The van der Waals surface area contributed by atoms with Crippen LogP contribution in [0.3, 0.4) is 0 Å². The van der Waals surface area contributed by atoms with Gasteiger partial charge in [0.25, 0.3) is 5.56 Å². The Bertz CT molecular complexity index is 792. The van der Waals surface area contributed by atoms with E-state index in [9.17, 15) is 9.59 Å². The third kappa shape index (κ3) is 3.64. The maximum Gasteiger partial charge on any atom is 0.268 e. The largest absolute Gasteiger partial charge is 0.370 e. The van der Waals surface area contributed by atoms with Gasteiger partial charge in [0.2, 0.25) is 5.91 Å². The van der Waals surface area contributed by atoms with E-state index in [0.29, 0.717) is 0 Å². The van der Waals surface area contributed by atoms with Gasteiger partial charge >= 0.3 is 0 Å². The van der Waals surface area contributed by atoms with Gasteiger partial charge in [-0.25, -0.2) is 4.68 Å². The average Bonchev–Trinajstić information content (AvgIpc) is 2.57. The zero-order valence-electron chi connectivity index (χ0n) is 14.0. The van der Waals surface area contributed by atoms with Crippen molar-refractivity contribution in [2.24, 2.45) is 13.0 Å². The Labute approximate surface area is 141 Å². The topological polar surface area (TPSA) is 67.2 Å². The first-order chi connectivity index (χ1) is 11.5. The number of hydrogen-bond acceptors (Lipinski definition) is 4. The van der Waals surface area contributed by atoms with Crippen molar-refractivity contribution in [1.29, 1.82) is 0 Å². The number of nitrogens with one attached hydrogen (secondary N) is 1. The molecule has 0 atom stereocenters. The Morgan fingerprint density at radius 1 is 1.25 bits per heavy atom. The molecule has 0 saturated carbocycles. The molecule has 6 heteroatoms. The van der Waals surface area contributed by atoms with E-state index in [4.69, 9.17) is 0 Å². The highest BCUT2D eigenvalue weighted by Gasteiger charge is 2.25. The molecular weight excluding hydrogens is 304 g/mol. The molecule has 1 aliphatic heterocycles. The molecule has 0 spiro atoms. The molecule has 1 aromatic carbocycles. The number of hydrogen-bond donors (Lipinski definition) is 1. The molecule has 1 fully saturated rings. The summed E-state index contributed by atoms with van der Waals surface area (Å²) in [4.78, 5) is 26.2. The van der Waals surface area contributed by atoms with E-state index in [-0.39, 0.29) is 17.4 Å². The smallest absolute Gasteiger partial charge is 0.268 e. The van der Waals surface area contributed by atoms with Crippen LogP contribution in [0.25, 0.3) is 0 Å². The van der Waals surface area contributed by atoms with Gasteiger partial charge in [0.05, 0.1) is 11.9 Å². The lowest BCUT2D eigenvalue weighted by atomic mass is 9.95. The second-order valence-corrected chi connectivity index (χ2v) is 6.30. The SMILES string of the molecule is Cc1cccc(NC(=O)C2CCN(c3cnn(C)c(=O)c3)CC2)c1. The van der Waals surface area contributed by atoms with Gasteiger partial charge < -0.3 is 10.2 Å². The Hall–Kier alpha value is -2.63. The third-order valence-electron chi connectivity index (χ3n) is 4.47. The lowest BCUT2D eigenvalue weighted by molar-refractivity contribution is -0.120. The standard InChI is InChI=1S/C18H22N4O2/c1-13-4-3-5-15(10-13)20-18(24)14-6-8-22(9-7-14)16-11-17(23)21(2)19-12-16/h3-5,10-12,14H,6-9H2,1-2H3,(H,20,24). The zero-order chi connectivity index (χ0) is 17.1. The number of aromatic nitrogens is 2. The predicted octanol–water partition coefficient (Wildman–Crippen LogP) is 1.94. The normalized spacial score (nSPS) is 15.3. The third-order valence-corrected chi connectivity index (χ3v) is 4.47. The first-order valence-corrected chi connectivity index (χ1v) is 8.19. The van der Waals surface area contributed by atoms with E-state index in [1.165, 1.54) is 4.68 Å². The number of amides is 1. The molecule has 126 valence electrons. The number of nitrogens with zero attached hydrogens (tertiary/aromatic N) is 3. The van der Waals surface area contributed by atoms with Crippen molar-refractivity contribution in [2.45, 2.75) is 19.8 Å². The fourth-order valence-corrected chi connectivity index (χ4v) is 3.00. The molecule has 0 radical (unpaired) electrons. The number of benzene rings is 1. The Kier molecular flexibility index (Phi) is 4.64. The molecule has 0 bridgehead atoms. The molecule has 2 heterocycles. The predicted molar refractivity (Wildman–Crippen MR) is 94.2 cm³/mol. The van der Waals surface area contributed by atoms with Gasteiger partial charge in [0.1, 0.15) is 0 Å². The summed E-state index contributed by atoms with van der Waals surface area (Å²) in [6.07, 6.45) is 3.24. The molecule has 1 N–H and O–H groups in total. The zero-order valence-corrected chi connectivity index (χ0v) is 14.0. The minimum Gasteiger partial charge on any atom is -0.370 e.